The minimum Gasteiger partial charge on any atom is -0.277 e. The molecule has 1 unspecified atom stereocenters. The first kappa shape index (κ1) is 10.4. The second kappa shape index (κ2) is 3.78. The van der Waals surface area contributed by atoms with E-state index in [-0.39, 0.29) is 11.5 Å². The monoisotopic (exact) mass is 216 g/mol. The Morgan fingerprint density at radius 3 is 2.88 bits per heavy atom. The van der Waals surface area contributed by atoms with Gasteiger partial charge < -0.3 is 0 Å². The fraction of sp³-hybridized carbons (Fsp3) is 0.167. The number of fused-ring (bicyclic) bond motifs is 1. The van der Waals surface area contributed by atoms with E-state index in [1.165, 1.54) is 6.92 Å². The molecule has 16 heavy (non-hydrogen) atoms. The first-order valence-corrected chi connectivity index (χ1v) is 4.79. The lowest BCUT2D eigenvalue weighted by molar-refractivity contribution is -0.117. The number of amides is 1. The first-order valence-electron chi connectivity index (χ1n) is 4.79. The number of hydrogen-bond acceptors (Lipinski definition) is 2. The van der Waals surface area contributed by atoms with Gasteiger partial charge in [0.25, 0.3) is 0 Å². The van der Waals surface area contributed by atoms with E-state index in [0.717, 1.165) is 11.0 Å². The number of halogens is 1. The zero-order valence-corrected chi connectivity index (χ0v) is 8.64. The van der Waals surface area contributed by atoms with Crippen molar-refractivity contribution in [1.82, 2.24) is 0 Å². The van der Waals surface area contributed by atoms with E-state index in [2.05, 4.69) is 0 Å². The molecule has 1 aromatic carbocycles. The molecule has 0 fully saturated rings. The summed E-state index contributed by atoms with van der Waals surface area (Å²) < 4.78 is 14.0. The molecule has 80 valence electrons. The molecule has 1 atom stereocenters. The van der Waals surface area contributed by atoms with Crippen LogP contribution in [0, 0.1) is 11.3 Å². The van der Waals surface area contributed by atoms with E-state index >= 15 is 0 Å². The van der Waals surface area contributed by atoms with Crippen LogP contribution in [0.2, 0.25) is 0 Å². The van der Waals surface area contributed by atoms with Crippen LogP contribution >= 0.6 is 0 Å². The second-order valence-electron chi connectivity index (χ2n) is 3.47. The molecule has 0 saturated carbocycles. The van der Waals surface area contributed by atoms with Crippen molar-refractivity contribution < 1.29 is 9.18 Å². The lowest BCUT2D eigenvalue weighted by Gasteiger charge is -2.17. The molecule has 1 aliphatic heterocycles. The molecule has 2 rings (SSSR count). The zero-order valence-electron chi connectivity index (χ0n) is 8.64. The summed E-state index contributed by atoms with van der Waals surface area (Å²) >= 11 is 0. The van der Waals surface area contributed by atoms with E-state index < -0.39 is 6.30 Å². The van der Waals surface area contributed by atoms with Crippen LogP contribution in [0.3, 0.4) is 0 Å². The Bertz CT molecular complexity index is 516. The maximum absolute atomic E-state index is 14.0. The van der Waals surface area contributed by atoms with E-state index in [0.29, 0.717) is 11.3 Å². The average molecular weight is 216 g/mol. The summed E-state index contributed by atoms with van der Waals surface area (Å²) in [6.07, 6.45) is -0.415. The number of carbonyl (C=O) groups is 1. The van der Waals surface area contributed by atoms with E-state index in [1.54, 1.807) is 30.3 Å². The number of nitriles is 1. The van der Waals surface area contributed by atoms with Gasteiger partial charge in [0.15, 0.2) is 0 Å². The standard InChI is InChI=1S/C12H9FN2O/c1-8(16)15-11-5-3-2-4-9(11)10(6-7-14)12(15)13/h2-6,12H,1H3/b10-6-. The molecular formula is C12H9FN2O. The van der Waals surface area contributed by atoms with Gasteiger partial charge in [0, 0.05) is 24.1 Å². The smallest absolute Gasteiger partial charge is 0.226 e. The maximum atomic E-state index is 14.0. The molecule has 4 heteroatoms. The minimum atomic E-state index is -1.56. The van der Waals surface area contributed by atoms with Gasteiger partial charge in [-0.1, -0.05) is 18.2 Å². The van der Waals surface area contributed by atoms with E-state index in [4.69, 9.17) is 5.26 Å². The summed E-state index contributed by atoms with van der Waals surface area (Å²) in [5, 5.41) is 8.60. The zero-order chi connectivity index (χ0) is 11.7. The number of rotatable bonds is 0. The molecule has 0 bridgehead atoms. The number of benzene rings is 1. The Morgan fingerprint density at radius 2 is 2.25 bits per heavy atom. The fourth-order valence-corrected chi connectivity index (χ4v) is 1.86. The van der Waals surface area contributed by atoms with Crippen LogP contribution in [-0.2, 0) is 4.79 Å². The fourth-order valence-electron chi connectivity index (χ4n) is 1.86. The third-order valence-corrected chi connectivity index (χ3v) is 2.52. The number of para-hydroxylation sites is 1. The molecule has 3 nitrogen and oxygen atoms in total. The van der Waals surface area contributed by atoms with Gasteiger partial charge in [0.2, 0.25) is 12.2 Å². The summed E-state index contributed by atoms with van der Waals surface area (Å²) in [5.41, 5.74) is 1.36. The van der Waals surface area contributed by atoms with Crippen LogP contribution in [0.25, 0.3) is 5.57 Å². The lowest BCUT2D eigenvalue weighted by Crippen LogP contribution is -2.32. The summed E-state index contributed by atoms with van der Waals surface area (Å²) in [5.74, 6) is -0.374. The molecule has 0 N–H and O–H groups in total. The van der Waals surface area contributed by atoms with Gasteiger partial charge in [-0.25, -0.2) is 4.39 Å². The van der Waals surface area contributed by atoms with Gasteiger partial charge in [0.05, 0.1) is 11.8 Å². The quantitative estimate of drug-likeness (QED) is 0.493. The summed E-state index contributed by atoms with van der Waals surface area (Å²) in [6, 6.07) is 8.65. The van der Waals surface area contributed by atoms with Crippen molar-refractivity contribution >= 4 is 17.2 Å². The molecule has 0 aromatic heterocycles. The van der Waals surface area contributed by atoms with Crippen LogP contribution in [0.5, 0.6) is 0 Å². The molecule has 0 aliphatic carbocycles. The van der Waals surface area contributed by atoms with Gasteiger partial charge in [-0.05, 0) is 6.07 Å². The third kappa shape index (κ3) is 1.38. The summed E-state index contributed by atoms with van der Waals surface area (Å²) in [6.45, 7) is 1.30. The van der Waals surface area contributed by atoms with Gasteiger partial charge in [-0.3, -0.25) is 9.69 Å². The van der Waals surface area contributed by atoms with Gasteiger partial charge in [-0.2, -0.15) is 5.26 Å². The first-order chi connectivity index (χ1) is 7.66. The minimum absolute atomic E-state index is 0.244. The largest absolute Gasteiger partial charge is 0.277 e. The number of allylic oxidation sites excluding steroid dienone is 1. The average Bonchev–Trinajstić information content (AvgIpc) is 2.53. The number of anilines is 1. The summed E-state index contributed by atoms with van der Waals surface area (Å²) in [4.78, 5) is 12.4. The van der Waals surface area contributed by atoms with Crippen molar-refractivity contribution in [3.05, 3.63) is 35.9 Å². The predicted octanol–water partition coefficient (Wildman–Crippen LogP) is 2.26. The van der Waals surface area contributed by atoms with Crippen molar-refractivity contribution in [1.29, 1.82) is 5.26 Å². The van der Waals surface area contributed by atoms with Gasteiger partial charge in [0.1, 0.15) is 0 Å². The maximum Gasteiger partial charge on any atom is 0.226 e. The van der Waals surface area contributed by atoms with Crippen LogP contribution in [0.4, 0.5) is 10.1 Å². The van der Waals surface area contributed by atoms with Crippen molar-refractivity contribution in [3.8, 4) is 6.07 Å². The highest BCUT2D eigenvalue weighted by molar-refractivity contribution is 6.03. The predicted molar refractivity (Wildman–Crippen MR) is 58.1 cm³/mol. The number of carbonyl (C=O) groups excluding carboxylic acids is 1. The van der Waals surface area contributed by atoms with Crippen LogP contribution in [0.15, 0.2) is 30.3 Å². The topological polar surface area (TPSA) is 44.1 Å². The Labute approximate surface area is 92.4 Å². The number of nitrogens with zero attached hydrogens (tertiary/aromatic N) is 2. The second-order valence-corrected chi connectivity index (χ2v) is 3.47. The van der Waals surface area contributed by atoms with Gasteiger partial charge >= 0.3 is 0 Å². The molecule has 1 aromatic rings. The molecule has 1 aliphatic rings. The number of alkyl halides is 1. The van der Waals surface area contributed by atoms with Crippen LogP contribution in [0.1, 0.15) is 12.5 Å². The highest BCUT2D eigenvalue weighted by Crippen LogP contribution is 2.40. The van der Waals surface area contributed by atoms with Crippen LogP contribution < -0.4 is 4.90 Å². The van der Waals surface area contributed by atoms with Crippen molar-refractivity contribution in [2.75, 3.05) is 4.90 Å². The molecule has 0 saturated heterocycles. The van der Waals surface area contributed by atoms with Crippen molar-refractivity contribution in [2.45, 2.75) is 13.2 Å². The molecule has 1 amide bonds. The lowest BCUT2D eigenvalue weighted by atomic mass is 10.1. The Morgan fingerprint density at radius 1 is 1.56 bits per heavy atom. The Kier molecular flexibility index (Phi) is 2.45. The highest BCUT2D eigenvalue weighted by atomic mass is 19.1. The van der Waals surface area contributed by atoms with E-state index in [1.807, 2.05) is 0 Å². The SMILES string of the molecule is CC(=O)N1c2ccccc2/C(=C/C#N)C1F. The molecule has 0 spiro atoms. The Balaban J connectivity index is 2.63. The Hall–Kier alpha value is -2.15. The third-order valence-electron chi connectivity index (χ3n) is 2.52. The normalized spacial score (nSPS) is 20.7. The molecular weight excluding hydrogens is 207 g/mol. The van der Waals surface area contributed by atoms with Crippen molar-refractivity contribution in [2.24, 2.45) is 0 Å². The summed E-state index contributed by atoms with van der Waals surface area (Å²) in [7, 11) is 0. The van der Waals surface area contributed by atoms with Gasteiger partial charge in [-0.15, -0.1) is 0 Å². The molecule has 0 radical (unpaired) electrons. The van der Waals surface area contributed by atoms with Crippen molar-refractivity contribution in [3.63, 3.8) is 0 Å². The highest BCUT2D eigenvalue weighted by Gasteiger charge is 2.35. The van der Waals surface area contributed by atoms with Crippen LogP contribution in [-0.4, -0.2) is 12.2 Å². The molecule has 1 heterocycles. The number of hydrogen-bond donors (Lipinski definition) is 0. The van der Waals surface area contributed by atoms with E-state index in [9.17, 15) is 9.18 Å².